The Hall–Kier alpha value is -1.17. The van der Waals surface area contributed by atoms with Crippen LogP contribution in [0.15, 0.2) is 17.0 Å². The second kappa shape index (κ2) is 5.54. The minimum Gasteiger partial charge on any atom is -0.370 e. The van der Waals surface area contributed by atoms with Crippen molar-refractivity contribution >= 4 is 27.7 Å². The Morgan fingerprint density at radius 2 is 2.43 bits per heavy atom. The smallest absolute Gasteiger partial charge is 0.217 e. The van der Waals surface area contributed by atoms with E-state index in [1.54, 1.807) is 6.20 Å². The fourth-order valence-electron chi connectivity index (χ4n) is 0.912. The number of anilines is 1. The number of aromatic nitrogens is 2. The predicted molar refractivity (Wildman–Crippen MR) is 56.7 cm³/mol. The molecule has 76 valence electrons. The number of nitrogens with one attached hydrogen (secondary N) is 1. The number of hydrogen-bond donors (Lipinski definition) is 2. The van der Waals surface area contributed by atoms with Gasteiger partial charge in [-0.25, -0.2) is 9.97 Å². The first kappa shape index (κ1) is 10.9. The molecular weight excluding hydrogens is 248 g/mol. The number of rotatable bonds is 5. The van der Waals surface area contributed by atoms with Crippen LogP contribution in [0, 0.1) is 0 Å². The van der Waals surface area contributed by atoms with Crippen molar-refractivity contribution in [2.45, 2.75) is 12.8 Å². The lowest BCUT2D eigenvalue weighted by Crippen LogP contribution is -2.13. The number of nitrogens with two attached hydrogens (primary N) is 1. The molecule has 0 fully saturated rings. The van der Waals surface area contributed by atoms with Gasteiger partial charge in [-0.2, -0.15) is 0 Å². The van der Waals surface area contributed by atoms with E-state index < -0.39 is 0 Å². The monoisotopic (exact) mass is 258 g/mol. The summed E-state index contributed by atoms with van der Waals surface area (Å²) >= 11 is 3.30. The van der Waals surface area contributed by atoms with E-state index in [2.05, 4.69) is 31.2 Å². The van der Waals surface area contributed by atoms with E-state index >= 15 is 0 Å². The minimum absolute atomic E-state index is 0.284. The van der Waals surface area contributed by atoms with E-state index in [0.717, 1.165) is 10.3 Å². The quantitative estimate of drug-likeness (QED) is 0.770. The minimum atomic E-state index is -0.284. The van der Waals surface area contributed by atoms with E-state index in [9.17, 15) is 4.79 Å². The molecule has 0 radical (unpaired) electrons. The highest BCUT2D eigenvalue weighted by Gasteiger charge is 1.99. The van der Waals surface area contributed by atoms with Crippen LogP contribution in [-0.4, -0.2) is 22.4 Å². The molecule has 1 amide bonds. The van der Waals surface area contributed by atoms with Gasteiger partial charge in [0.25, 0.3) is 0 Å². The number of nitrogens with zero attached hydrogens (tertiary/aromatic N) is 2. The van der Waals surface area contributed by atoms with Crippen molar-refractivity contribution < 1.29 is 4.79 Å². The maximum absolute atomic E-state index is 10.4. The third kappa shape index (κ3) is 3.69. The van der Waals surface area contributed by atoms with Gasteiger partial charge in [-0.05, 0) is 22.4 Å². The van der Waals surface area contributed by atoms with Gasteiger partial charge in [-0.1, -0.05) is 0 Å². The summed E-state index contributed by atoms with van der Waals surface area (Å²) in [4.78, 5) is 18.3. The van der Waals surface area contributed by atoms with Gasteiger partial charge in [0, 0.05) is 19.2 Å². The normalized spacial score (nSPS) is 9.79. The summed E-state index contributed by atoms with van der Waals surface area (Å²) in [6.07, 6.45) is 4.20. The lowest BCUT2D eigenvalue weighted by atomic mass is 10.3. The highest BCUT2D eigenvalue weighted by molar-refractivity contribution is 9.10. The average molecular weight is 259 g/mol. The molecule has 1 aromatic heterocycles. The zero-order chi connectivity index (χ0) is 10.4. The first-order chi connectivity index (χ1) is 6.70. The van der Waals surface area contributed by atoms with Crippen molar-refractivity contribution in [2.24, 2.45) is 5.73 Å². The first-order valence-corrected chi connectivity index (χ1v) is 4.97. The van der Waals surface area contributed by atoms with Crippen LogP contribution < -0.4 is 11.1 Å². The van der Waals surface area contributed by atoms with E-state index in [1.807, 2.05) is 0 Å². The number of carbonyl (C=O) groups is 1. The Kier molecular flexibility index (Phi) is 4.31. The van der Waals surface area contributed by atoms with Gasteiger partial charge in [0.1, 0.15) is 12.1 Å². The van der Waals surface area contributed by atoms with Crippen LogP contribution in [0.3, 0.4) is 0 Å². The van der Waals surface area contributed by atoms with Crippen molar-refractivity contribution in [3.63, 3.8) is 0 Å². The summed E-state index contributed by atoms with van der Waals surface area (Å²) in [5, 5.41) is 3.06. The SMILES string of the molecule is NC(=O)CCCNc1ncncc1Br. The van der Waals surface area contributed by atoms with E-state index in [0.29, 0.717) is 19.4 Å². The van der Waals surface area contributed by atoms with Gasteiger partial charge in [-0.15, -0.1) is 0 Å². The van der Waals surface area contributed by atoms with Gasteiger partial charge >= 0.3 is 0 Å². The van der Waals surface area contributed by atoms with Gasteiger partial charge in [-0.3, -0.25) is 4.79 Å². The zero-order valence-electron chi connectivity index (χ0n) is 7.53. The van der Waals surface area contributed by atoms with E-state index in [-0.39, 0.29) is 5.91 Å². The molecule has 0 aromatic carbocycles. The number of amides is 1. The number of hydrogen-bond acceptors (Lipinski definition) is 4. The highest BCUT2D eigenvalue weighted by atomic mass is 79.9. The largest absolute Gasteiger partial charge is 0.370 e. The molecule has 0 atom stereocenters. The third-order valence-corrected chi connectivity index (χ3v) is 2.14. The fraction of sp³-hybridized carbons (Fsp3) is 0.375. The summed E-state index contributed by atoms with van der Waals surface area (Å²) in [5.41, 5.74) is 5.00. The number of carbonyl (C=O) groups excluding carboxylic acids is 1. The van der Waals surface area contributed by atoms with Crippen molar-refractivity contribution in [3.8, 4) is 0 Å². The van der Waals surface area contributed by atoms with Crippen LogP contribution >= 0.6 is 15.9 Å². The molecule has 14 heavy (non-hydrogen) atoms. The molecule has 0 bridgehead atoms. The average Bonchev–Trinajstić information content (AvgIpc) is 2.15. The molecule has 0 aliphatic heterocycles. The van der Waals surface area contributed by atoms with Crippen molar-refractivity contribution in [3.05, 3.63) is 17.0 Å². The molecule has 6 heteroatoms. The van der Waals surface area contributed by atoms with Crippen LogP contribution in [-0.2, 0) is 4.79 Å². The molecule has 3 N–H and O–H groups in total. The topological polar surface area (TPSA) is 80.9 Å². The summed E-state index contributed by atoms with van der Waals surface area (Å²) in [6, 6.07) is 0. The third-order valence-electron chi connectivity index (χ3n) is 1.56. The van der Waals surface area contributed by atoms with E-state index in [1.165, 1.54) is 6.33 Å². The molecule has 0 saturated heterocycles. The highest BCUT2D eigenvalue weighted by Crippen LogP contribution is 2.16. The molecule has 1 rings (SSSR count). The summed E-state index contributed by atoms with van der Waals surface area (Å²) < 4.78 is 0.805. The lowest BCUT2D eigenvalue weighted by Gasteiger charge is -2.05. The van der Waals surface area contributed by atoms with Crippen molar-refractivity contribution in [2.75, 3.05) is 11.9 Å². The molecule has 0 aliphatic rings. The molecule has 0 saturated carbocycles. The Morgan fingerprint density at radius 3 is 3.07 bits per heavy atom. The molecule has 0 unspecified atom stereocenters. The van der Waals surface area contributed by atoms with E-state index in [4.69, 9.17) is 5.73 Å². The molecule has 5 nitrogen and oxygen atoms in total. The maximum atomic E-state index is 10.4. The van der Waals surface area contributed by atoms with Crippen LogP contribution in [0.25, 0.3) is 0 Å². The zero-order valence-corrected chi connectivity index (χ0v) is 9.12. The Balaban J connectivity index is 2.31. The van der Waals surface area contributed by atoms with Crippen molar-refractivity contribution in [1.82, 2.24) is 9.97 Å². The van der Waals surface area contributed by atoms with Crippen molar-refractivity contribution in [1.29, 1.82) is 0 Å². The summed E-state index contributed by atoms with van der Waals surface area (Å²) in [7, 11) is 0. The van der Waals surface area contributed by atoms with Gasteiger partial charge in [0.2, 0.25) is 5.91 Å². The summed E-state index contributed by atoms with van der Waals surface area (Å²) in [5.74, 6) is 0.443. The second-order valence-electron chi connectivity index (χ2n) is 2.72. The fourth-order valence-corrected chi connectivity index (χ4v) is 1.27. The van der Waals surface area contributed by atoms with Crippen LogP contribution in [0.2, 0.25) is 0 Å². The molecule has 0 spiro atoms. The Bertz CT molecular complexity index is 318. The first-order valence-electron chi connectivity index (χ1n) is 4.18. The number of halogens is 1. The van der Waals surface area contributed by atoms with Crippen LogP contribution in [0.4, 0.5) is 5.82 Å². The second-order valence-corrected chi connectivity index (χ2v) is 3.57. The molecule has 1 heterocycles. The Labute approximate surface area is 90.2 Å². The maximum Gasteiger partial charge on any atom is 0.217 e. The number of primary amides is 1. The van der Waals surface area contributed by atoms with Gasteiger partial charge in [0.15, 0.2) is 0 Å². The Morgan fingerprint density at radius 1 is 1.64 bits per heavy atom. The summed E-state index contributed by atoms with van der Waals surface area (Å²) in [6.45, 7) is 0.665. The molecular formula is C8H11BrN4O. The molecule has 1 aromatic rings. The molecule has 0 aliphatic carbocycles. The van der Waals surface area contributed by atoms with Crippen LogP contribution in [0.1, 0.15) is 12.8 Å². The standard InChI is InChI=1S/C8H11BrN4O/c9-6-4-11-5-13-8(6)12-3-1-2-7(10)14/h4-5H,1-3H2,(H2,10,14)(H,11,12,13). The predicted octanol–water partition coefficient (Wildman–Crippen LogP) is 0.916. The van der Waals surface area contributed by atoms with Gasteiger partial charge in [0.05, 0.1) is 4.47 Å². The van der Waals surface area contributed by atoms with Gasteiger partial charge < -0.3 is 11.1 Å². The van der Waals surface area contributed by atoms with Crippen LogP contribution in [0.5, 0.6) is 0 Å². The lowest BCUT2D eigenvalue weighted by molar-refractivity contribution is -0.118.